The number of hydrogen-bond donors (Lipinski definition) is 1. The van der Waals surface area contributed by atoms with Gasteiger partial charge in [0.2, 0.25) is 5.91 Å². The highest BCUT2D eigenvalue weighted by molar-refractivity contribution is 5.80. The van der Waals surface area contributed by atoms with E-state index in [2.05, 4.69) is 13.8 Å². The molecule has 1 aliphatic heterocycles. The normalized spacial score (nSPS) is 23.4. The van der Waals surface area contributed by atoms with Crippen LogP contribution in [0.4, 0.5) is 5.69 Å². The van der Waals surface area contributed by atoms with Crippen molar-refractivity contribution in [1.82, 2.24) is 4.90 Å². The third-order valence-electron chi connectivity index (χ3n) is 3.86. The number of nitrogens with zero attached hydrogens (tertiary/aromatic N) is 1. The summed E-state index contributed by atoms with van der Waals surface area (Å²) in [7, 11) is 0. The maximum Gasteiger partial charge on any atom is 0.227 e. The molecule has 0 bridgehead atoms. The third-order valence-corrected chi connectivity index (χ3v) is 3.86. The molecule has 1 aliphatic rings. The summed E-state index contributed by atoms with van der Waals surface area (Å²) in [5.74, 6) is 1.40. The highest BCUT2D eigenvalue weighted by Gasteiger charge is 2.25. The first-order chi connectivity index (χ1) is 8.95. The van der Waals surface area contributed by atoms with Gasteiger partial charge in [-0.3, -0.25) is 4.79 Å². The van der Waals surface area contributed by atoms with Crippen LogP contribution in [0.3, 0.4) is 0 Å². The van der Waals surface area contributed by atoms with Crippen LogP contribution in [0.25, 0.3) is 0 Å². The number of nitrogens with two attached hydrogens (primary N) is 1. The molecule has 1 aromatic rings. The number of rotatable bonds is 2. The van der Waals surface area contributed by atoms with Gasteiger partial charge in [0, 0.05) is 18.8 Å². The number of carbonyl (C=O) groups excluding carboxylic acids is 1. The van der Waals surface area contributed by atoms with Crippen molar-refractivity contribution in [2.45, 2.75) is 33.6 Å². The lowest BCUT2D eigenvalue weighted by Gasteiger charge is -2.35. The molecule has 1 aromatic carbocycles. The van der Waals surface area contributed by atoms with Crippen LogP contribution in [0, 0.1) is 18.8 Å². The molecule has 0 spiro atoms. The molecule has 0 saturated carbocycles. The van der Waals surface area contributed by atoms with E-state index in [1.807, 2.05) is 30.0 Å². The monoisotopic (exact) mass is 260 g/mol. The zero-order valence-electron chi connectivity index (χ0n) is 12.1. The zero-order chi connectivity index (χ0) is 14.0. The second kappa shape index (κ2) is 5.64. The van der Waals surface area contributed by atoms with Crippen LogP contribution >= 0.6 is 0 Å². The van der Waals surface area contributed by atoms with Crippen molar-refractivity contribution in [2.24, 2.45) is 11.8 Å². The molecule has 3 nitrogen and oxygen atoms in total. The Hall–Kier alpha value is -1.51. The van der Waals surface area contributed by atoms with Crippen molar-refractivity contribution in [3.05, 3.63) is 29.3 Å². The minimum absolute atomic E-state index is 0.204. The first kappa shape index (κ1) is 13.9. The van der Waals surface area contributed by atoms with Crippen LogP contribution in [-0.2, 0) is 11.2 Å². The van der Waals surface area contributed by atoms with Gasteiger partial charge in [-0.2, -0.15) is 0 Å². The van der Waals surface area contributed by atoms with Crippen molar-refractivity contribution in [2.75, 3.05) is 18.8 Å². The molecule has 2 rings (SSSR count). The minimum atomic E-state index is 0.204. The van der Waals surface area contributed by atoms with Crippen molar-refractivity contribution >= 4 is 11.6 Å². The average molecular weight is 260 g/mol. The highest BCUT2D eigenvalue weighted by Crippen LogP contribution is 2.22. The summed E-state index contributed by atoms with van der Waals surface area (Å²) in [5, 5.41) is 0. The minimum Gasteiger partial charge on any atom is -0.398 e. The van der Waals surface area contributed by atoms with Crippen LogP contribution in [0.1, 0.15) is 31.4 Å². The van der Waals surface area contributed by atoms with E-state index < -0.39 is 0 Å². The van der Waals surface area contributed by atoms with Gasteiger partial charge in [0.05, 0.1) is 6.42 Å². The molecule has 0 aromatic heterocycles. The number of carbonyl (C=O) groups is 1. The molecule has 19 heavy (non-hydrogen) atoms. The third kappa shape index (κ3) is 3.49. The van der Waals surface area contributed by atoms with Gasteiger partial charge in [0.15, 0.2) is 0 Å². The molecule has 2 atom stereocenters. The lowest BCUT2D eigenvalue weighted by atomic mass is 9.91. The van der Waals surface area contributed by atoms with Gasteiger partial charge in [-0.25, -0.2) is 0 Å². The predicted octanol–water partition coefficient (Wildman–Crippen LogP) is 2.62. The Balaban J connectivity index is 2.06. The van der Waals surface area contributed by atoms with Crippen LogP contribution in [0.15, 0.2) is 18.2 Å². The molecule has 1 amide bonds. The maximum absolute atomic E-state index is 12.4. The van der Waals surface area contributed by atoms with Gasteiger partial charge in [-0.1, -0.05) is 31.5 Å². The van der Waals surface area contributed by atoms with E-state index >= 15 is 0 Å². The van der Waals surface area contributed by atoms with Gasteiger partial charge in [-0.15, -0.1) is 0 Å². The standard InChI is InChI=1S/C16H24N2O/c1-11-4-5-15(17)14(7-11)8-16(19)18-9-12(2)6-13(3)10-18/h4-5,7,12-13H,6,8-10,17H2,1-3H3/t12-,13+. The highest BCUT2D eigenvalue weighted by atomic mass is 16.2. The second-order valence-corrected chi connectivity index (χ2v) is 6.12. The Morgan fingerprint density at radius 2 is 1.95 bits per heavy atom. The molecule has 0 radical (unpaired) electrons. The fourth-order valence-corrected chi connectivity index (χ4v) is 3.03. The molecule has 0 unspecified atom stereocenters. The molecule has 2 N–H and O–H groups in total. The Morgan fingerprint density at radius 3 is 2.58 bits per heavy atom. The van der Waals surface area contributed by atoms with Crippen molar-refractivity contribution in [3.63, 3.8) is 0 Å². The van der Waals surface area contributed by atoms with Crippen molar-refractivity contribution in [3.8, 4) is 0 Å². The van der Waals surface area contributed by atoms with Gasteiger partial charge < -0.3 is 10.6 Å². The van der Waals surface area contributed by atoms with E-state index in [4.69, 9.17) is 5.73 Å². The number of aryl methyl sites for hydroxylation is 1. The lowest BCUT2D eigenvalue weighted by molar-refractivity contribution is -0.133. The quantitative estimate of drug-likeness (QED) is 0.831. The zero-order valence-corrected chi connectivity index (χ0v) is 12.1. The summed E-state index contributed by atoms with van der Waals surface area (Å²) in [6.07, 6.45) is 1.64. The molecule has 1 fully saturated rings. The van der Waals surface area contributed by atoms with E-state index in [0.29, 0.717) is 18.3 Å². The van der Waals surface area contributed by atoms with Gasteiger partial charge in [0.1, 0.15) is 0 Å². The number of amides is 1. The van der Waals surface area contributed by atoms with Crippen LogP contribution in [0.2, 0.25) is 0 Å². The van der Waals surface area contributed by atoms with E-state index in [1.54, 1.807) is 0 Å². The van der Waals surface area contributed by atoms with Gasteiger partial charge in [-0.05, 0) is 36.8 Å². The Labute approximate surface area is 115 Å². The number of benzene rings is 1. The number of anilines is 1. The van der Waals surface area contributed by atoms with Crippen LogP contribution < -0.4 is 5.73 Å². The predicted molar refractivity (Wildman–Crippen MR) is 78.8 cm³/mol. The Morgan fingerprint density at radius 1 is 1.32 bits per heavy atom. The summed E-state index contributed by atoms with van der Waals surface area (Å²) < 4.78 is 0. The number of hydrogen-bond acceptors (Lipinski definition) is 2. The number of nitrogen functional groups attached to an aromatic ring is 1. The Kier molecular flexibility index (Phi) is 4.13. The fraction of sp³-hybridized carbons (Fsp3) is 0.562. The molecule has 104 valence electrons. The second-order valence-electron chi connectivity index (χ2n) is 6.12. The van der Waals surface area contributed by atoms with E-state index in [0.717, 1.165) is 29.9 Å². The summed E-state index contributed by atoms with van der Waals surface area (Å²) in [6.45, 7) is 8.23. The molecular weight excluding hydrogens is 236 g/mol. The smallest absolute Gasteiger partial charge is 0.227 e. The van der Waals surface area contributed by atoms with E-state index in [1.165, 1.54) is 6.42 Å². The van der Waals surface area contributed by atoms with Crippen molar-refractivity contribution in [1.29, 1.82) is 0 Å². The average Bonchev–Trinajstić information content (AvgIpc) is 2.32. The first-order valence-corrected chi connectivity index (χ1v) is 7.08. The largest absolute Gasteiger partial charge is 0.398 e. The topological polar surface area (TPSA) is 46.3 Å². The molecule has 1 saturated heterocycles. The summed E-state index contributed by atoms with van der Waals surface area (Å²) in [5.41, 5.74) is 8.78. The lowest BCUT2D eigenvalue weighted by Crippen LogP contribution is -2.43. The SMILES string of the molecule is Cc1ccc(N)c(CC(=O)N2C[C@H](C)C[C@H](C)C2)c1. The van der Waals surface area contributed by atoms with Gasteiger partial charge >= 0.3 is 0 Å². The molecule has 3 heteroatoms. The van der Waals surface area contributed by atoms with Crippen LogP contribution in [-0.4, -0.2) is 23.9 Å². The molecule has 1 heterocycles. The summed E-state index contributed by atoms with van der Waals surface area (Å²) in [6, 6.07) is 5.89. The summed E-state index contributed by atoms with van der Waals surface area (Å²) in [4.78, 5) is 14.4. The number of piperidine rings is 1. The molecule has 0 aliphatic carbocycles. The Bertz CT molecular complexity index is 460. The van der Waals surface area contributed by atoms with Crippen molar-refractivity contribution < 1.29 is 4.79 Å². The maximum atomic E-state index is 12.4. The van der Waals surface area contributed by atoms with E-state index in [-0.39, 0.29) is 5.91 Å². The van der Waals surface area contributed by atoms with Crippen LogP contribution in [0.5, 0.6) is 0 Å². The van der Waals surface area contributed by atoms with Gasteiger partial charge in [0.25, 0.3) is 0 Å². The number of likely N-dealkylation sites (tertiary alicyclic amines) is 1. The van der Waals surface area contributed by atoms with E-state index in [9.17, 15) is 4.79 Å². The molecular formula is C16H24N2O. The fourth-order valence-electron chi connectivity index (χ4n) is 3.03. The summed E-state index contributed by atoms with van der Waals surface area (Å²) >= 11 is 0. The first-order valence-electron chi connectivity index (χ1n) is 7.08.